The molecule has 0 aliphatic carbocycles. The lowest BCUT2D eigenvalue weighted by atomic mass is 10.0. The summed E-state index contributed by atoms with van der Waals surface area (Å²) in [6.45, 7) is 9.85. The normalized spacial score (nSPS) is 11.5. The van der Waals surface area contributed by atoms with Gasteiger partial charge in [0.2, 0.25) is 0 Å². The Morgan fingerprint density at radius 1 is 1.38 bits per heavy atom. The lowest BCUT2D eigenvalue weighted by molar-refractivity contribution is 0.484. The van der Waals surface area contributed by atoms with Gasteiger partial charge in [0.1, 0.15) is 5.42 Å². The van der Waals surface area contributed by atoms with Crippen molar-refractivity contribution in [2.24, 2.45) is 0 Å². The van der Waals surface area contributed by atoms with E-state index in [1.165, 1.54) is 0 Å². The maximum atomic E-state index is 12.0. The molecule has 2 rings (SSSR count). The van der Waals surface area contributed by atoms with E-state index in [0.29, 0.717) is 10.8 Å². The van der Waals surface area contributed by atoms with Crippen molar-refractivity contribution in [2.45, 2.75) is 40.0 Å². The van der Waals surface area contributed by atoms with Gasteiger partial charge in [0.25, 0.3) is 0 Å². The predicted octanol–water partition coefficient (Wildman–Crippen LogP) is 2.85. The highest BCUT2D eigenvalue weighted by Crippen LogP contribution is 2.09. The average Bonchev–Trinajstić information content (AvgIpc) is 2.48. The van der Waals surface area contributed by atoms with Gasteiger partial charge in [-0.05, 0) is 43.2 Å². The van der Waals surface area contributed by atoms with E-state index < -0.39 is 0 Å². The number of hydrogen-bond acceptors (Lipinski definition) is 2. The highest BCUT2D eigenvalue weighted by molar-refractivity contribution is 5.86. The van der Waals surface area contributed by atoms with E-state index in [4.69, 9.17) is 4.42 Å². The first-order valence-electron chi connectivity index (χ1n) is 7.30. The van der Waals surface area contributed by atoms with Crippen LogP contribution >= 0.6 is 0 Å². The van der Waals surface area contributed by atoms with Gasteiger partial charge in [0, 0.05) is 17.4 Å². The molecule has 2 heteroatoms. The van der Waals surface area contributed by atoms with Crippen LogP contribution in [0.25, 0.3) is 23.4 Å². The summed E-state index contributed by atoms with van der Waals surface area (Å²) in [5.41, 5.74) is 1.94. The van der Waals surface area contributed by atoms with E-state index in [0.717, 1.165) is 41.0 Å². The first-order chi connectivity index (χ1) is 10.1. The number of rotatable bonds is 2. The van der Waals surface area contributed by atoms with Crippen molar-refractivity contribution in [2.75, 3.05) is 0 Å². The molecule has 0 bridgehead atoms. The molecule has 0 aliphatic heterocycles. The van der Waals surface area contributed by atoms with E-state index in [2.05, 4.69) is 25.3 Å². The molecule has 2 aromatic rings. The fourth-order valence-corrected chi connectivity index (χ4v) is 2.41. The number of fused-ring (bicyclic) bond motifs is 1. The summed E-state index contributed by atoms with van der Waals surface area (Å²) in [5.74, 6) is 6.43. The van der Waals surface area contributed by atoms with Crippen molar-refractivity contribution in [1.82, 2.24) is 0 Å². The van der Waals surface area contributed by atoms with Gasteiger partial charge in [0.05, 0.1) is 5.39 Å². The van der Waals surface area contributed by atoms with E-state index in [1.54, 1.807) is 6.07 Å². The molecule has 0 unspecified atom stereocenters. The quantitative estimate of drug-likeness (QED) is 0.625. The largest absolute Gasteiger partial charge is 0.423 e. The zero-order chi connectivity index (χ0) is 15.4. The van der Waals surface area contributed by atoms with Crippen molar-refractivity contribution >= 4 is 23.4 Å². The van der Waals surface area contributed by atoms with Gasteiger partial charge in [-0.25, -0.2) is 4.79 Å². The van der Waals surface area contributed by atoms with E-state index in [9.17, 15) is 4.79 Å². The Morgan fingerprint density at radius 2 is 2.14 bits per heavy atom. The number of benzene rings is 1. The molecule has 0 amide bonds. The second-order valence-electron chi connectivity index (χ2n) is 5.08. The summed E-state index contributed by atoms with van der Waals surface area (Å²) in [7, 11) is 0. The molecular weight excluding hydrogens is 260 g/mol. The molecule has 0 saturated heterocycles. The van der Waals surface area contributed by atoms with Crippen LogP contribution in [0, 0.1) is 18.8 Å². The molecule has 21 heavy (non-hydrogen) atoms. The van der Waals surface area contributed by atoms with Gasteiger partial charge in [-0.15, -0.1) is 0 Å². The van der Waals surface area contributed by atoms with Crippen LogP contribution in [0.15, 0.2) is 21.3 Å². The van der Waals surface area contributed by atoms with E-state index >= 15 is 0 Å². The molecule has 0 N–H and O–H groups in total. The summed E-state index contributed by atoms with van der Waals surface area (Å²) in [6, 6.07) is 3.69. The highest BCUT2D eigenvalue weighted by atomic mass is 16.4. The minimum atomic E-state index is -0.339. The molecule has 1 heterocycles. The fraction of sp³-hybridized carbons (Fsp3) is 0.316. The van der Waals surface area contributed by atoms with Crippen LogP contribution in [0.2, 0.25) is 0 Å². The molecule has 108 valence electrons. The predicted molar refractivity (Wildman–Crippen MR) is 88.5 cm³/mol. The van der Waals surface area contributed by atoms with Crippen molar-refractivity contribution in [3.63, 3.8) is 0 Å². The lowest BCUT2D eigenvalue weighted by Crippen LogP contribution is -2.20. The second-order valence-corrected chi connectivity index (χ2v) is 5.08. The summed E-state index contributed by atoms with van der Waals surface area (Å²) in [4.78, 5) is 12.0. The van der Waals surface area contributed by atoms with Crippen LogP contribution in [0.3, 0.4) is 0 Å². The van der Waals surface area contributed by atoms with Gasteiger partial charge in [-0.3, -0.25) is 0 Å². The molecule has 0 atom stereocenters. The Hall–Kier alpha value is -2.27. The third kappa shape index (κ3) is 2.92. The van der Waals surface area contributed by atoms with Gasteiger partial charge >= 0.3 is 5.63 Å². The summed E-state index contributed by atoms with van der Waals surface area (Å²) in [6.07, 6.45) is 5.15. The lowest BCUT2D eigenvalue weighted by Gasteiger charge is -2.04. The van der Waals surface area contributed by atoms with Crippen LogP contribution in [0.5, 0.6) is 0 Å². The molecule has 0 saturated carbocycles. The van der Waals surface area contributed by atoms with Crippen LogP contribution in [0.4, 0.5) is 0 Å². The van der Waals surface area contributed by atoms with Crippen molar-refractivity contribution in [3.05, 3.63) is 44.3 Å². The topological polar surface area (TPSA) is 30.2 Å². The minimum absolute atomic E-state index is 0.339. The smallest absolute Gasteiger partial charge is 0.344 e. The number of hydrogen-bond donors (Lipinski definition) is 0. The average molecular weight is 280 g/mol. The minimum Gasteiger partial charge on any atom is -0.423 e. The van der Waals surface area contributed by atoms with Gasteiger partial charge in [-0.1, -0.05) is 37.8 Å². The van der Waals surface area contributed by atoms with Crippen LogP contribution in [0.1, 0.15) is 44.2 Å². The Bertz CT molecular complexity index is 890. The number of aryl methyl sites for hydroxylation is 1. The molecule has 2 nitrogen and oxygen atoms in total. The van der Waals surface area contributed by atoms with E-state index in [1.807, 2.05) is 26.0 Å². The third-order valence-electron chi connectivity index (χ3n) is 3.64. The monoisotopic (exact) mass is 280 g/mol. The Kier molecular flexibility index (Phi) is 4.65. The Labute approximate surface area is 124 Å². The van der Waals surface area contributed by atoms with Crippen LogP contribution < -0.4 is 16.3 Å². The Balaban J connectivity index is 2.77. The van der Waals surface area contributed by atoms with Gasteiger partial charge in [0.15, 0.2) is 0 Å². The SMILES string of the molecule is C=c1oc(=O)c2ccc(C#CCCCC)/c(=C/C)c2c1C. The fourth-order valence-electron chi connectivity index (χ4n) is 2.41. The molecule has 0 aliphatic rings. The van der Waals surface area contributed by atoms with Gasteiger partial charge in [-0.2, -0.15) is 0 Å². The van der Waals surface area contributed by atoms with Crippen LogP contribution in [-0.2, 0) is 0 Å². The summed E-state index contributed by atoms with van der Waals surface area (Å²) >= 11 is 0. The molecular formula is C19H20O2. The van der Waals surface area contributed by atoms with Gasteiger partial charge < -0.3 is 4.42 Å². The maximum Gasteiger partial charge on any atom is 0.344 e. The molecule has 1 aromatic heterocycles. The number of unbranched alkanes of at least 4 members (excludes halogenated alkanes) is 2. The summed E-state index contributed by atoms with van der Waals surface area (Å²) < 4.78 is 5.16. The zero-order valence-corrected chi connectivity index (χ0v) is 12.9. The van der Waals surface area contributed by atoms with E-state index in [-0.39, 0.29) is 5.63 Å². The zero-order valence-electron chi connectivity index (χ0n) is 12.9. The highest BCUT2D eigenvalue weighted by Gasteiger charge is 2.08. The first-order valence-corrected chi connectivity index (χ1v) is 7.30. The Morgan fingerprint density at radius 3 is 2.81 bits per heavy atom. The maximum absolute atomic E-state index is 12.0. The standard InChI is InChI=1S/C19H20O2/c1-5-7-8-9-10-15-11-12-17-18(16(15)6-2)13(3)14(4)21-19(17)20/h6,11-12H,4-5,7-8H2,1-3H3/b16-6-. The summed E-state index contributed by atoms with van der Waals surface area (Å²) in [5, 5.41) is 2.49. The molecule has 0 radical (unpaired) electrons. The molecule has 0 fully saturated rings. The molecule has 0 spiro atoms. The molecule has 1 aromatic carbocycles. The second kappa shape index (κ2) is 6.45. The van der Waals surface area contributed by atoms with Crippen LogP contribution in [-0.4, -0.2) is 0 Å². The van der Waals surface area contributed by atoms with Crippen molar-refractivity contribution in [1.29, 1.82) is 0 Å². The van der Waals surface area contributed by atoms with Crippen molar-refractivity contribution in [3.8, 4) is 11.8 Å². The van der Waals surface area contributed by atoms with Crippen molar-refractivity contribution < 1.29 is 4.42 Å². The third-order valence-corrected chi connectivity index (χ3v) is 3.64. The first kappa shape index (κ1) is 15.1.